The first kappa shape index (κ1) is 23.4. The van der Waals surface area contributed by atoms with E-state index in [9.17, 15) is 14.0 Å². The fraction of sp³-hybridized carbons (Fsp3) is 0.320. The molecule has 1 aliphatic rings. The van der Waals surface area contributed by atoms with E-state index in [2.05, 4.69) is 10.3 Å². The first-order valence-corrected chi connectivity index (χ1v) is 11.1. The van der Waals surface area contributed by atoms with Crippen LogP contribution in [0.15, 0.2) is 54.7 Å². The third-order valence-electron chi connectivity index (χ3n) is 5.59. The Labute approximate surface area is 197 Å². The third kappa shape index (κ3) is 5.60. The molecule has 1 aliphatic carbocycles. The maximum Gasteiger partial charge on any atom is 0.246 e. The van der Waals surface area contributed by atoms with Crippen LogP contribution >= 0.6 is 0 Å². The minimum absolute atomic E-state index is 0.00691. The number of carbonyl (C=O) groups is 2. The van der Waals surface area contributed by atoms with Crippen LogP contribution in [0.5, 0.6) is 5.75 Å². The second kappa shape index (κ2) is 10.5. The van der Waals surface area contributed by atoms with Gasteiger partial charge in [0.2, 0.25) is 17.8 Å². The summed E-state index contributed by atoms with van der Waals surface area (Å²) in [6.07, 6.45) is 3.47. The minimum atomic E-state index is -0.375. The number of nitrogens with one attached hydrogen (secondary N) is 1. The number of hydrogen-bond acceptors (Lipinski definition) is 5. The molecule has 0 spiro atoms. The number of amides is 2. The molecule has 0 radical (unpaired) electrons. The number of hydrogen-bond donors (Lipinski definition) is 1. The molecule has 3 aromatic rings. The van der Waals surface area contributed by atoms with Crippen LogP contribution in [-0.4, -0.2) is 60.2 Å². The lowest BCUT2D eigenvalue weighted by molar-refractivity contribution is -0.136. The van der Waals surface area contributed by atoms with Crippen LogP contribution in [0.4, 0.5) is 10.3 Å². The van der Waals surface area contributed by atoms with Gasteiger partial charge in [0.15, 0.2) is 0 Å². The number of nitrogens with zero attached hydrogens (tertiary/aromatic N) is 3. The zero-order valence-electron chi connectivity index (χ0n) is 19.2. The van der Waals surface area contributed by atoms with Gasteiger partial charge in [-0.25, -0.2) is 9.37 Å². The van der Waals surface area contributed by atoms with E-state index in [1.54, 1.807) is 37.1 Å². The van der Waals surface area contributed by atoms with Crippen molar-refractivity contribution in [2.75, 3.05) is 39.2 Å². The van der Waals surface area contributed by atoms with Crippen molar-refractivity contribution in [3.63, 3.8) is 0 Å². The smallest absolute Gasteiger partial charge is 0.246 e. The van der Waals surface area contributed by atoms with Gasteiger partial charge in [0.25, 0.3) is 0 Å². The van der Waals surface area contributed by atoms with Gasteiger partial charge in [-0.05, 0) is 61.4 Å². The fourth-order valence-corrected chi connectivity index (χ4v) is 3.56. The van der Waals surface area contributed by atoms with Gasteiger partial charge in [0.05, 0.1) is 19.4 Å². The Kier molecular flexibility index (Phi) is 7.22. The number of rotatable bonds is 10. The molecule has 2 aromatic carbocycles. The highest BCUT2D eigenvalue weighted by Crippen LogP contribution is 2.31. The van der Waals surface area contributed by atoms with Crippen molar-refractivity contribution in [3.8, 4) is 22.7 Å². The first-order chi connectivity index (χ1) is 16.5. The fourth-order valence-electron chi connectivity index (χ4n) is 3.56. The summed E-state index contributed by atoms with van der Waals surface area (Å²) in [5, 5.41) is 2.82. The Morgan fingerprint density at radius 2 is 1.82 bits per heavy atom. The van der Waals surface area contributed by atoms with Crippen LogP contribution in [0.3, 0.4) is 0 Å². The average Bonchev–Trinajstić information content (AvgIpc) is 3.62. The topological polar surface area (TPSA) is 85.7 Å². The predicted octanol–water partition coefficient (Wildman–Crippen LogP) is 3.51. The van der Waals surface area contributed by atoms with Crippen molar-refractivity contribution < 1.29 is 23.5 Å². The van der Waals surface area contributed by atoms with Crippen LogP contribution in [-0.2, 0) is 14.3 Å². The molecule has 9 heteroatoms. The third-order valence-corrected chi connectivity index (χ3v) is 5.59. The van der Waals surface area contributed by atoms with Crippen LogP contribution in [0.25, 0.3) is 16.9 Å². The second-order valence-corrected chi connectivity index (χ2v) is 8.10. The number of aromatic nitrogens is 2. The summed E-state index contributed by atoms with van der Waals surface area (Å²) in [7, 11) is 3.15. The van der Waals surface area contributed by atoms with Crippen LogP contribution in [0, 0.1) is 11.7 Å². The van der Waals surface area contributed by atoms with E-state index in [1.807, 2.05) is 24.3 Å². The summed E-state index contributed by atoms with van der Waals surface area (Å²) in [6.45, 7) is 0.577. The first-order valence-electron chi connectivity index (χ1n) is 11.1. The molecule has 0 atom stereocenters. The summed E-state index contributed by atoms with van der Waals surface area (Å²) in [5.41, 5.74) is 2.07. The van der Waals surface area contributed by atoms with Crippen molar-refractivity contribution in [2.24, 2.45) is 5.92 Å². The molecule has 178 valence electrons. The number of ether oxygens (including phenoxy) is 2. The molecular weight excluding hydrogens is 439 g/mol. The van der Waals surface area contributed by atoms with E-state index in [0.717, 1.165) is 18.4 Å². The van der Waals surface area contributed by atoms with E-state index in [4.69, 9.17) is 9.47 Å². The molecule has 0 aliphatic heterocycles. The van der Waals surface area contributed by atoms with E-state index in [-0.39, 0.29) is 36.0 Å². The average molecular weight is 467 g/mol. The predicted molar refractivity (Wildman–Crippen MR) is 125 cm³/mol. The number of imidazole rings is 1. The number of carbonyl (C=O) groups excluding carboxylic acids is 2. The SMILES string of the molecule is COCCN(CC(=O)Nc1nc(-c2ccc(OC)cc2)cn1-c1ccc(F)cc1)C(=O)C1CC1. The molecule has 1 saturated carbocycles. The monoisotopic (exact) mass is 466 g/mol. The van der Waals surface area contributed by atoms with Crippen LogP contribution in [0.2, 0.25) is 0 Å². The van der Waals surface area contributed by atoms with Crippen molar-refractivity contribution in [1.82, 2.24) is 14.5 Å². The van der Waals surface area contributed by atoms with Crippen molar-refractivity contribution in [2.45, 2.75) is 12.8 Å². The summed E-state index contributed by atoms with van der Waals surface area (Å²) < 4.78 is 25.5. The van der Waals surface area contributed by atoms with E-state index in [0.29, 0.717) is 30.3 Å². The van der Waals surface area contributed by atoms with Gasteiger partial charge in [-0.3, -0.25) is 19.5 Å². The van der Waals surface area contributed by atoms with E-state index < -0.39 is 0 Å². The van der Waals surface area contributed by atoms with Crippen molar-refractivity contribution in [1.29, 1.82) is 0 Å². The zero-order chi connectivity index (χ0) is 24.1. The minimum Gasteiger partial charge on any atom is -0.497 e. The lowest BCUT2D eigenvalue weighted by atomic mass is 10.1. The number of methoxy groups -OCH3 is 2. The Bertz CT molecular complexity index is 1140. The molecule has 8 nitrogen and oxygen atoms in total. The molecule has 0 unspecified atom stereocenters. The molecule has 1 heterocycles. The largest absolute Gasteiger partial charge is 0.497 e. The molecule has 34 heavy (non-hydrogen) atoms. The van der Waals surface area contributed by atoms with Gasteiger partial charge in [0, 0.05) is 37.0 Å². The Morgan fingerprint density at radius 3 is 2.44 bits per heavy atom. The van der Waals surface area contributed by atoms with Gasteiger partial charge in [-0.1, -0.05) is 0 Å². The molecule has 2 amide bonds. The van der Waals surface area contributed by atoms with Gasteiger partial charge < -0.3 is 14.4 Å². The van der Waals surface area contributed by atoms with Gasteiger partial charge in [-0.2, -0.15) is 0 Å². The molecule has 4 rings (SSSR count). The van der Waals surface area contributed by atoms with Gasteiger partial charge >= 0.3 is 0 Å². The summed E-state index contributed by atoms with van der Waals surface area (Å²) in [4.78, 5) is 31.6. The molecule has 1 N–H and O–H groups in total. The van der Waals surface area contributed by atoms with E-state index >= 15 is 0 Å². The normalized spacial score (nSPS) is 12.9. The Balaban J connectivity index is 1.59. The molecular formula is C25H27FN4O4. The Morgan fingerprint density at radius 1 is 1.12 bits per heavy atom. The molecule has 0 bridgehead atoms. The lowest BCUT2D eigenvalue weighted by Crippen LogP contribution is -2.41. The number of halogens is 1. The summed E-state index contributed by atoms with van der Waals surface area (Å²) >= 11 is 0. The van der Waals surface area contributed by atoms with Crippen molar-refractivity contribution >= 4 is 17.8 Å². The van der Waals surface area contributed by atoms with Crippen molar-refractivity contribution in [3.05, 3.63) is 60.5 Å². The summed E-state index contributed by atoms with van der Waals surface area (Å²) in [5.74, 6) is 0.206. The maximum absolute atomic E-state index is 13.5. The quantitative estimate of drug-likeness (QED) is 0.494. The molecule has 0 saturated heterocycles. The van der Waals surface area contributed by atoms with Crippen LogP contribution in [0.1, 0.15) is 12.8 Å². The lowest BCUT2D eigenvalue weighted by Gasteiger charge is -2.21. The maximum atomic E-state index is 13.5. The highest BCUT2D eigenvalue weighted by molar-refractivity contribution is 5.94. The Hall–Kier alpha value is -3.72. The summed E-state index contributed by atoms with van der Waals surface area (Å²) in [6, 6.07) is 13.3. The number of benzene rings is 2. The van der Waals surface area contributed by atoms with Gasteiger partial charge in [-0.15, -0.1) is 0 Å². The number of anilines is 1. The zero-order valence-corrected chi connectivity index (χ0v) is 19.2. The highest BCUT2D eigenvalue weighted by Gasteiger charge is 2.34. The van der Waals surface area contributed by atoms with E-state index in [1.165, 1.54) is 17.0 Å². The van der Waals surface area contributed by atoms with Gasteiger partial charge in [0.1, 0.15) is 18.1 Å². The molecule has 1 fully saturated rings. The second-order valence-electron chi connectivity index (χ2n) is 8.10. The van der Waals surface area contributed by atoms with Crippen LogP contribution < -0.4 is 10.1 Å². The standard InChI is InChI=1S/C25H27FN4O4/c1-33-14-13-29(24(32)18-3-4-18)16-23(31)28-25-27-22(17-5-11-21(34-2)12-6-17)15-30(25)20-9-7-19(26)8-10-20/h5-12,15,18H,3-4,13-14,16H2,1-2H3,(H,27,28,31). The molecule has 1 aromatic heterocycles. The highest BCUT2D eigenvalue weighted by atomic mass is 19.1.